The van der Waals surface area contributed by atoms with Crippen LogP contribution in [0.2, 0.25) is 0 Å². The SMILES string of the molecule is CCc1cc(C(=O)N2CCC[C@H](OC)[C@@H]2Cc2ccccc2F)n(C)n1. The minimum atomic E-state index is -0.242. The fourth-order valence-electron chi connectivity index (χ4n) is 3.73. The van der Waals surface area contributed by atoms with E-state index in [0.29, 0.717) is 24.2 Å². The summed E-state index contributed by atoms with van der Waals surface area (Å²) in [5, 5.41) is 4.39. The Hall–Kier alpha value is -2.21. The molecule has 2 heterocycles. The first-order chi connectivity index (χ1) is 12.5. The minimum Gasteiger partial charge on any atom is -0.379 e. The van der Waals surface area contributed by atoms with Crippen molar-refractivity contribution in [1.82, 2.24) is 14.7 Å². The van der Waals surface area contributed by atoms with Crippen molar-refractivity contribution in [2.24, 2.45) is 7.05 Å². The number of carbonyl (C=O) groups is 1. The lowest BCUT2D eigenvalue weighted by atomic mass is 9.92. The zero-order valence-corrected chi connectivity index (χ0v) is 15.6. The van der Waals surface area contributed by atoms with E-state index >= 15 is 0 Å². The normalized spacial score (nSPS) is 20.4. The number of nitrogens with zero attached hydrogens (tertiary/aromatic N) is 3. The summed E-state index contributed by atoms with van der Waals surface area (Å²) in [6, 6.07) is 8.39. The van der Waals surface area contributed by atoms with Gasteiger partial charge in [-0.2, -0.15) is 5.10 Å². The molecule has 140 valence electrons. The molecule has 1 fully saturated rings. The van der Waals surface area contributed by atoms with Gasteiger partial charge in [0.1, 0.15) is 11.5 Å². The zero-order chi connectivity index (χ0) is 18.7. The van der Waals surface area contributed by atoms with Crippen LogP contribution in [0.1, 0.15) is 41.5 Å². The lowest BCUT2D eigenvalue weighted by Gasteiger charge is -2.40. The monoisotopic (exact) mass is 359 g/mol. The van der Waals surface area contributed by atoms with Crippen LogP contribution in [0.25, 0.3) is 0 Å². The lowest BCUT2D eigenvalue weighted by Crippen LogP contribution is -2.53. The molecule has 5 nitrogen and oxygen atoms in total. The molecule has 2 atom stereocenters. The second kappa shape index (κ2) is 7.99. The molecule has 1 aliphatic heterocycles. The van der Waals surface area contributed by atoms with E-state index in [4.69, 9.17) is 4.74 Å². The summed E-state index contributed by atoms with van der Waals surface area (Å²) in [6.45, 7) is 2.66. The van der Waals surface area contributed by atoms with Crippen molar-refractivity contribution in [3.63, 3.8) is 0 Å². The predicted molar refractivity (Wildman–Crippen MR) is 97.5 cm³/mol. The summed E-state index contributed by atoms with van der Waals surface area (Å²) in [5.41, 5.74) is 2.07. The Morgan fingerprint density at radius 2 is 2.15 bits per heavy atom. The maximum Gasteiger partial charge on any atom is 0.272 e. The van der Waals surface area contributed by atoms with Crippen molar-refractivity contribution >= 4 is 5.91 Å². The molecule has 0 spiro atoms. The first-order valence-electron chi connectivity index (χ1n) is 9.15. The van der Waals surface area contributed by atoms with Gasteiger partial charge in [-0.3, -0.25) is 9.48 Å². The van der Waals surface area contributed by atoms with Gasteiger partial charge in [0.15, 0.2) is 0 Å². The highest BCUT2D eigenvalue weighted by Gasteiger charge is 2.36. The highest BCUT2D eigenvalue weighted by atomic mass is 19.1. The smallest absolute Gasteiger partial charge is 0.272 e. The number of aromatic nitrogens is 2. The summed E-state index contributed by atoms with van der Waals surface area (Å²) in [5.74, 6) is -0.308. The Morgan fingerprint density at radius 3 is 2.81 bits per heavy atom. The summed E-state index contributed by atoms with van der Waals surface area (Å²) in [6.07, 6.45) is 2.85. The van der Waals surface area contributed by atoms with Gasteiger partial charge >= 0.3 is 0 Å². The Kier molecular flexibility index (Phi) is 5.71. The Morgan fingerprint density at radius 1 is 1.38 bits per heavy atom. The highest BCUT2D eigenvalue weighted by molar-refractivity contribution is 5.93. The number of piperidine rings is 1. The van der Waals surface area contributed by atoms with Crippen LogP contribution < -0.4 is 0 Å². The molecule has 1 aromatic heterocycles. The maximum atomic E-state index is 14.2. The number of likely N-dealkylation sites (tertiary alicyclic amines) is 1. The third-order valence-corrected chi connectivity index (χ3v) is 5.18. The fraction of sp³-hybridized carbons (Fsp3) is 0.500. The van der Waals surface area contributed by atoms with Crippen LogP contribution in [-0.2, 0) is 24.6 Å². The van der Waals surface area contributed by atoms with E-state index in [1.807, 2.05) is 24.0 Å². The molecule has 3 rings (SSSR count). The first-order valence-corrected chi connectivity index (χ1v) is 9.15. The molecule has 0 radical (unpaired) electrons. The average molecular weight is 359 g/mol. The number of hydrogen-bond acceptors (Lipinski definition) is 3. The van der Waals surface area contributed by atoms with Gasteiger partial charge in [-0.15, -0.1) is 0 Å². The summed E-state index contributed by atoms with van der Waals surface area (Å²) in [7, 11) is 3.45. The number of halogens is 1. The van der Waals surface area contributed by atoms with Crippen molar-refractivity contribution in [3.05, 3.63) is 53.1 Å². The largest absolute Gasteiger partial charge is 0.379 e. The van der Waals surface area contributed by atoms with Gasteiger partial charge in [0.2, 0.25) is 0 Å². The van der Waals surface area contributed by atoms with Crippen LogP contribution in [0.15, 0.2) is 30.3 Å². The van der Waals surface area contributed by atoms with E-state index in [2.05, 4.69) is 5.10 Å². The van der Waals surface area contributed by atoms with Crippen LogP contribution in [0.4, 0.5) is 4.39 Å². The van der Waals surface area contributed by atoms with Crippen LogP contribution >= 0.6 is 0 Å². The molecule has 0 bridgehead atoms. The number of ether oxygens (including phenoxy) is 1. The van der Waals surface area contributed by atoms with Gasteiger partial charge in [-0.1, -0.05) is 25.1 Å². The molecule has 0 saturated carbocycles. The van der Waals surface area contributed by atoms with E-state index in [1.54, 1.807) is 31.0 Å². The Labute approximate surface area is 153 Å². The molecule has 0 aliphatic carbocycles. The molecule has 6 heteroatoms. The third kappa shape index (κ3) is 3.65. The van der Waals surface area contributed by atoms with Crippen molar-refractivity contribution < 1.29 is 13.9 Å². The van der Waals surface area contributed by atoms with Crippen LogP contribution in [0.5, 0.6) is 0 Å². The second-order valence-corrected chi connectivity index (χ2v) is 6.78. The number of benzene rings is 1. The minimum absolute atomic E-state index is 0.0669. The summed E-state index contributed by atoms with van der Waals surface area (Å²) in [4.78, 5) is 15.0. The molecule has 26 heavy (non-hydrogen) atoms. The van der Waals surface area contributed by atoms with E-state index < -0.39 is 0 Å². The van der Waals surface area contributed by atoms with Gasteiger partial charge in [0.25, 0.3) is 5.91 Å². The molecule has 1 saturated heterocycles. The van der Waals surface area contributed by atoms with E-state index in [-0.39, 0.29) is 23.9 Å². The number of amides is 1. The van der Waals surface area contributed by atoms with E-state index in [1.165, 1.54) is 6.07 Å². The number of carbonyl (C=O) groups excluding carboxylic acids is 1. The third-order valence-electron chi connectivity index (χ3n) is 5.18. The molecular formula is C20H26FN3O2. The van der Waals surface area contributed by atoms with E-state index in [9.17, 15) is 9.18 Å². The predicted octanol–water partition coefficient (Wildman–Crippen LogP) is 2.98. The van der Waals surface area contributed by atoms with Crippen molar-refractivity contribution in [1.29, 1.82) is 0 Å². The number of hydrogen-bond donors (Lipinski definition) is 0. The molecule has 0 N–H and O–H groups in total. The van der Waals surface area contributed by atoms with E-state index in [0.717, 1.165) is 25.0 Å². The highest BCUT2D eigenvalue weighted by Crippen LogP contribution is 2.26. The zero-order valence-electron chi connectivity index (χ0n) is 15.6. The topological polar surface area (TPSA) is 47.4 Å². The van der Waals surface area contributed by atoms with Crippen molar-refractivity contribution in [2.45, 2.75) is 44.8 Å². The molecular weight excluding hydrogens is 333 g/mol. The number of aryl methyl sites for hydroxylation is 2. The van der Waals surface area contributed by atoms with Crippen LogP contribution in [0, 0.1) is 5.82 Å². The molecule has 1 amide bonds. The van der Waals surface area contributed by atoms with Gasteiger partial charge in [-0.05, 0) is 43.4 Å². The quantitative estimate of drug-likeness (QED) is 0.825. The average Bonchev–Trinajstić information content (AvgIpc) is 3.04. The standard InChI is InChI=1S/C20H26FN3O2/c1-4-15-13-18(23(2)22-15)20(25)24-11-7-10-19(26-3)17(24)12-14-8-5-6-9-16(14)21/h5-6,8-9,13,17,19H,4,7,10-12H2,1-3H3/t17-,19-/m0/s1. The van der Waals surface area contributed by atoms with Gasteiger partial charge in [0, 0.05) is 20.7 Å². The summed E-state index contributed by atoms with van der Waals surface area (Å²) < 4.78 is 21.5. The molecule has 2 aromatic rings. The molecule has 1 aromatic carbocycles. The fourth-order valence-corrected chi connectivity index (χ4v) is 3.73. The van der Waals surface area contributed by atoms with Gasteiger partial charge < -0.3 is 9.64 Å². The van der Waals surface area contributed by atoms with Gasteiger partial charge in [-0.25, -0.2) is 4.39 Å². The Bertz CT molecular complexity index is 774. The lowest BCUT2D eigenvalue weighted by molar-refractivity contribution is -0.0124. The first kappa shape index (κ1) is 18.6. The van der Waals surface area contributed by atoms with Crippen LogP contribution in [-0.4, -0.2) is 46.4 Å². The Balaban J connectivity index is 1.90. The summed E-state index contributed by atoms with van der Waals surface area (Å²) >= 11 is 0. The van der Waals surface area contributed by atoms with Gasteiger partial charge in [0.05, 0.1) is 17.8 Å². The number of methoxy groups -OCH3 is 1. The molecule has 1 aliphatic rings. The molecule has 0 unspecified atom stereocenters. The van der Waals surface area contributed by atoms with Crippen LogP contribution in [0.3, 0.4) is 0 Å². The number of rotatable bonds is 5. The second-order valence-electron chi connectivity index (χ2n) is 6.78. The maximum absolute atomic E-state index is 14.2. The van der Waals surface area contributed by atoms with Crippen molar-refractivity contribution in [3.8, 4) is 0 Å². The van der Waals surface area contributed by atoms with Crippen molar-refractivity contribution in [2.75, 3.05) is 13.7 Å².